The molecule has 2 rings (SSSR count). The van der Waals surface area contributed by atoms with E-state index in [-0.39, 0.29) is 0 Å². The van der Waals surface area contributed by atoms with Gasteiger partial charge in [-0.2, -0.15) is 0 Å². The van der Waals surface area contributed by atoms with E-state index < -0.39 is 0 Å². The molecule has 1 aromatic heterocycles. The van der Waals surface area contributed by atoms with Crippen LogP contribution < -0.4 is 11.1 Å². The molecular formula is C9H15N3S. The first-order valence-electron chi connectivity index (χ1n) is 4.78. The van der Waals surface area contributed by atoms with Crippen molar-refractivity contribution < 1.29 is 0 Å². The Morgan fingerprint density at radius 2 is 2.31 bits per heavy atom. The number of nitrogens with zero attached hydrogens (tertiary/aromatic N) is 1. The predicted molar refractivity (Wildman–Crippen MR) is 55.6 cm³/mol. The normalized spacial score (nSPS) is 18.2. The highest BCUT2D eigenvalue weighted by Crippen LogP contribution is 2.18. The van der Waals surface area contributed by atoms with E-state index >= 15 is 0 Å². The molecule has 1 aromatic rings. The van der Waals surface area contributed by atoms with Crippen molar-refractivity contribution in [3.8, 4) is 0 Å². The number of nitrogen functional groups attached to an aromatic ring is 1. The molecule has 72 valence electrons. The van der Waals surface area contributed by atoms with Crippen LogP contribution in [0.4, 0.5) is 5.82 Å². The molecule has 0 radical (unpaired) electrons. The fourth-order valence-corrected chi connectivity index (χ4v) is 2.40. The van der Waals surface area contributed by atoms with Crippen LogP contribution in [0.3, 0.4) is 0 Å². The third kappa shape index (κ3) is 2.42. The summed E-state index contributed by atoms with van der Waals surface area (Å²) in [5, 5.41) is 6.50. The molecule has 0 aliphatic heterocycles. The monoisotopic (exact) mass is 197 g/mol. The molecule has 1 aliphatic carbocycles. The van der Waals surface area contributed by atoms with Gasteiger partial charge in [-0.15, -0.1) is 11.3 Å². The van der Waals surface area contributed by atoms with Gasteiger partial charge in [0, 0.05) is 18.0 Å². The highest BCUT2D eigenvalue weighted by Gasteiger charge is 2.14. The van der Waals surface area contributed by atoms with Crippen LogP contribution in [0.15, 0.2) is 5.38 Å². The van der Waals surface area contributed by atoms with E-state index in [1.807, 2.05) is 5.38 Å². The zero-order valence-electron chi connectivity index (χ0n) is 7.62. The summed E-state index contributed by atoms with van der Waals surface area (Å²) >= 11 is 1.63. The maximum Gasteiger partial charge on any atom is 0.134 e. The molecule has 3 N–H and O–H groups in total. The highest BCUT2D eigenvalue weighted by atomic mass is 32.1. The summed E-state index contributed by atoms with van der Waals surface area (Å²) in [5.74, 6) is 0.647. The average molecular weight is 197 g/mol. The molecule has 1 heterocycles. The Labute approximate surface area is 82.4 Å². The molecule has 0 amide bonds. The fraction of sp³-hybridized carbons (Fsp3) is 0.667. The number of hydrogen-bond donors (Lipinski definition) is 2. The lowest BCUT2D eigenvalue weighted by atomic mass is 10.2. The zero-order chi connectivity index (χ0) is 9.10. The molecule has 13 heavy (non-hydrogen) atoms. The molecule has 0 aromatic carbocycles. The Hall–Kier alpha value is -0.610. The average Bonchev–Trinajstić information content (AvgIpc) is 2.71. The van der Waals surface area contributed by atoms with Gasteiger partial charge in [0.2, 0.25) is 0 Å². The molecule has 4 heteroatoms. The van der Waals surface area contributed by atoms with Gasteiger partial charge in [-0.05, 0) is 12.8 Å². The fourth-order valence-electron chi connectivity index (χ4n) is 1.77. The van der Waals surface area contributed by atoms with E-state index in [0.717, 1.165) is 11.6 Å². The van der Waals surface area contributed by atoms with E-state index in [0.29, 0.717) is 11.9 Å². The second-order valence-electron chi connectivity index (χ2n) is 3.53. The minimum absolute atomic E-state index is 0.647. The van der Waals surface area contributed by atoms with E-state index in [2.05, 4.69) is 10.3 Å². The molecule has 1 fully saturated rings. The van der Waals surface area contributed by atoms with Gasteiger partial charge in [-0.1, -0.05) is 12.8 Å². The van der Waals surface area contributed by atoms with E-state index in [9.17, 15) is 0 Å². The number of nitrogens with one attached hydrogen (secondary N) is 1. The lowest BCUT2D eigenvalue weighted by molar-refractivity contribution is 0.523. The molecule has 3 nitrogen and oxygen atoms in total. The SMILES string of the molecule is Nc1csc(CNC2CCCC2)n1. The number of aromatic nitrogens is 1. The standard InChI is InChI=1S/C9H15N3S/c10-8-6-13-9(12-8)5-11-7-3-1-2-4-7/h6-7,11H,1-5,10H2. The molecule has 0 bridgehead atoms. The first-order chi connectivity index (χ1) is 6.34. The number of rotatable bonds is 3. The Bertz CT molecular complexity index is 266. The molecule has 0 atom stereocenters. The summed E-state index contributed by atoms with van der Waals surface area (Å²) in [6.07, 6.45) is 5.39. The third-order valence-electron chi connectivity index (χ3n) is 2.47. The van der Waals surface area contributed by atoms with Gasteiger partial charge < -0.3 is 11.1 Å². The zero-order valence-corrected chi connectivity index (χ0v) is 8.44. The quantitative estimate of drug-likeness (QED) is 0.776. The molecule has 1 aliphatic rings. The summed E-state index contributed by atoms with van der Waals surface area (Å²) in [6.45, 7) is 0.881. The predicted octanol–water partition coefficient (Wildman–Crippen LogP) is 1.76. The van der Waals surface area contributed by atoms with Crippen molar-refractivity contribution in [2.75, 3.05) is 5.73 Å². The van der Waals surface area contributed by atoms with Gasteiger partial charge in [0.15, 0.2) is 0 Å². The number of hydrogen-bond acceptors (Lipinski definition) is 4. The summed E-state index contributed by atoms with van der Waals surface area (Å²) in [5.41, 5.74) is 5.53. The van der Waals surface area contributed by atoms with Crippen LogP contribution in [0, 0.1) is 0 Å². The van der Waals surface area contributed by atoms with Crippen LogP contribution in [0.25, 0.3) is 0 Å². The lowest BCUT2D eigenvalue weighted by Crippen LogP contribution is -2.25. The van der Waals surface area contributed by atoms with Crippen LogP contribution in [0.1, 0.15) is 30.7 Å². The third-order valence-corrected chi connectivity index (χ3v) is 3.33. The van der Waals surface area contributed by atoms with Gasteiger partial charge in [0.25, 0.3) is 0 Å². The molecule has 0 unspecified atom stereocenters. The summed E-state index contributed by atoms with van der Waals surface area (Å²) in [4.78, 5) is 4.21. The van der Waals surface area contributed by atoms with Crippen molar-refractivity contribution >= 4 is 17.2 Å². The molecule has 1 saturated carbocycles. The minimum atomic E-state index is 0.647. The maximum absolute atomic E-state index is 5.53. The van der Waals surface area contributed by atoms with Gasteiger partial charge in [-0.3, -0.25) is 0 Å². The summed E-state index contributed by atoms with van der Waals surface area (Å²) < 4.78 is 0. The van der Waals surface area contributed by atoms with Crippen molar-refractivity contribution in [2.24, 2.45) is 0 Å². The Kier molecular flexibility index (Phi) is 2.80. The highest BCUT2D eigenvalue weighted by molar-refractivity contribution is 7.09. The summed E-state index contributed by atoms with van der Waals surface area (Å²) in [7, 11) is 0. The van der Waals surface area contributed by atoms with Crippen molar-refractivity contribution in [3.63, 3.8) is 0 Å². The Balaban J connectivity index is 1.78. The topological polar surface area (TPSA) is 50.9 Å². The smallest absolute Gasteiger partial charge is 0.134 e. The summed E-state index contributed by atoms with van der Waals surface area (Å²) in [6, 6.07) is 0.713. The van der Waals surface area contributed by atoms with Crippen molar-refractivity contribution in [3.05, 3.63) is 10.4 Å². The number of anilines is 1. The van der Waals surface area contributed by atoms with Crippen LogP contribution in [0.2, 0.25) is 0 Å². The minimum Gasteiger partial charge on any atom is -0.383 e. The van der Waals surface area contributed by atoms with E-state index in [1.165, 1.54) is 25.7 Å². The Morgan fingerprint density at radius 1 is 1.54 bits per heavy atom. The maximum atomic E-state index is 5.53. The number of thiazole rings is 1. The molecule has 0 spiro atoms. The Morgan fingerprint density at radius 3 is 2.92 bits per heavy atom. The van der Waals surface area contributed by atoms with E-state index in [1.54, 1.807) is 11.3 Å². The van der Waals surface area contributed by atoms with Gasteiger partial charge in [0.1, 0.15) is 10.8 Å². The van der Waals surface area contributed by atoms with Crippen LogP contribution in [-0.4, -0.2) is 11.0 Å². The molecular weight excluding hydrogens is 182 g/mol. The van der Waals surface area contributed by atoms with Crippen molar-refractivity contribution in [1.29, 1.82) is 0 Å². The van der Waals surface area contributed by atoms with E-state index in [4.69, 9.17) is 5.73 Å². The first kappa shape index (κ1) is 8.97. The van der Waals surface area contributed by atoms with Gasteiger partial charge in [0.05, 0.1) is 0 Å². The van der Waals surface area contributed by atoms with Crippen molar-refractivity contribution in [1.82, 2.24) is 10.3 Å². The van der Waals surface area contributed by atoms with Gasteiger partial charge in [-0.25, -0.2) is 4.98 Å². The second-order valence-corrected chi connectivity index (χ2v) is 4.47. The van der Waals surface area contributed by atoms with Crippen LogP contribution in [0.5, 0.6) is 0 Å². The second kappa shape index (κ2) is 4.07. The largest absolute Gasteiger partial charge is 0.383 e. The van der Waals surface area contributed by atoms with Crippen molar-refractivity contribution in [2.45, 2.75) is 38.3 Å². The number of nitrogens with two attached hydrogens (primary N) is 1. The van der Waals surface area contributed by atoms with Gasteiger partial charge >= 0.3 is 0 Å². The molecule has 0 saturated heterocycles. The van der Waals surface area contributed by atoms with Crippen LogP contribution >= 0.6 is 11.3 Å². The lowest BCUT2D eigenvalue weighted by Gasteiger charge is -2.09. The first-order valence-corrected chi connectivity index (χ1v) is 5.66. The van der Waals surface area contributed by atoms with Crippen LogP contribution in [-0.2, 0) is 6.54 Å².